The van der Waals surface area contributed by atoms with E-state index in [1.54, 1.807) is 0 Å². The van der Waals surface area contributed by atoms with Gasteiger partial charge in [-0.1, -0.05) is 62.4 Å². The Morgan fingerprint density at radius 3 is 2.06 bits per heavy atom. The van der Waals surface area contributed by atoms with Crippen LogP contribution in [-0.4, -0.2) is 36.4 Å². The number of benzene rings is 3. The van der Waals surface area contributed by atoms with E-state index in [1.165, 1.54) is 24.3 Å². The highest BCUT2D eigenvalue weighted by atomic mass is 16.7. The lowest BCUT2D eigenvalue weighted by Crippen LogP contribution is -2.43. The number of nitro benzene ring substituents is 1. The molecular weight excluding hydrogens is 464 g/mol. The zero-order chi connectivity index (χ0) is 25.7. The standard InChI is InChI=1S/C27H26N2O7/c1-17(2)25(16-35-27(31)36-19-13-11-18(12-14-19)29(32)33)28-26(30)34-15-24-22-9-5-3-7-20(22)21-8-4-6-10-23(21)24/h3-14,17,24-25H,15-16H2,1-2H3,(H,28,30)/t25-/m1/s1. The molecule has 0 bridgehead atoms. The van der Waals surface area contributed by atoms with Gasteiger partial charge in [0.05, 0.1) is 11.0 Å². The molecule has 0 saturated heterocycles. The highest BCUT2D eigenvalue weighted by Gasteiger charge is 2.29. The number of carbonyl (C=O) groups excluding carboxylic acids is 2. The number of nitro groups is 1. The van der Waals surface area contributed by atoms with E-state index in [0.717, 1.165) is 22.3 Å². The summed E-state index contributed by atoms with van der Waals surface area (Å²) in [5.74, 6) is -0.0116. The first-order valence-electron chi connectivity index (χ1n) is 11.5. The van der Waals surface area contributed by atoms with Gasteiger partial charge < -0.3 is 19.5 Å². The fraction of sp³-hybridized carbons (Fsp3) is 0.259. The molecule has 0 unspecified atom stereocenters. The Morgan fingerprint density at radius 1 is 0.917 bits per heavy atom. The zero-order valence-electron chi connectivity index (χ0n) is 19.9. The number of hydrogen-bond donors (Lipinski definition) is 1. The van der Waals surface area contributed by atoms with Crippen LogP contribution >= 0.6 is 0 Å². The molecule has 0 heterocycles. The van der Waals surface area contributed by atoms with Gasteiger partial charge in [-0.05, 0) is 40.3 Å². The predicted molar refractivity (Wildman–Crippen MR) is 132 cm³/mol. The van der Waals surface area contributed by atoms with Crippen LogP contribution in [0.25, 0.3) is 11.1 Å². The van der Waals surface area contributed by atoms with Crippen molar-refractivity contribution in [3.63, 3.8) is 0 Å². The van der Waals surface area contributed by atoms with Crippen molar-refractivity contribution in [1.29, 1.82) is 0 Å². The lowest BCUT2D eigenvalue weighted by molar-refractivity contribution is -0.384. The fourth-order valence-electron chi connectivity index (χ4n) is 4.11. The number of hydrogen-bond acceptors (Lipinski definition) is 7. The first-order chi connectivity index (χ1) is 17.3. The van der Waals surface area contributed by atoms with E-state index < -0.39 is 23.2 Å². The van der Waals surface area contributed by atoms with Crippen molar-refractivity contribution in [3.05, 3.63) is 94.0 Å². The summed E-state index contributed by atoms with van der Waals surface area (Å²) in [6, 6.07) is 20.7. The summed E-state index contributed by atoms with van der Waals surface area (Å²) in [6.07, 6.45) is -1.59. The summed E-state index contributed by atoms with van der Waals surface area (Å²) < 4.78 is 15.8. The number of amides is 1. The molecule has 0 radical (unpaired) electrons. The van der Waals surface area contributed by atoms with Crippen molar-refractivity contribution < 1.29 is 28.7 Å². The van der Waals surface area contributed by atoms with Crippen LogP contribution in [0.1, 0.15) is 30.9 Å². The summed E-state index contributed by atoms with van der Waals surface area (Å²) in [7, 11) is 0. The van der Waals surface area contributed by atoms with Gasteiger partial charge in [0.2, 0.25) is 0 Å². The van der Waals surface area contributed by atoms with Crippen molar-refractivity contribution in [2.45, 2.75) is 25.8 Å². The second kappa shape index (κ2) is 10.9. The molecule has 0 aliphatic heterocycles. The van der Waals surface area contributed by atoms with Gasteiger partial charge in [0.1, 0.15) is 19.0 Å². The van der Waals surface area contributed by atoms with Crippen molar-refractivity contribution >= 4 is 17.9 Å². The molecule has 0 spiro atoms. The SMILES string of the molecule is CC(C)[C@@H](COC(=O)Oc1ccc([N+](=O)[O-])cc1)NC(=O)OCC1c2ccccc2-c2ccccc21. The second-order valence-corrected chi connectivity index (χ2v) is 8.73. The average molecular weight is 491 g/mol. The number of fused-ring (bicyclic) bond motifs is 3. The minimum absolute atomic E-state index is 0.0577. The molecule has 1 atom stereocenters. The Balaban J connectivity index is 1.30. The molecule has 0 aromatic heterocycles. The molecule has 1 aliphatic rings. The van der Waals surface area contributed by atoms with Gasteiger partial charge in [-0.25, -0.2) is 9.59 Å². The van der Waals surface area contributed by atoms with E-state index >= 15 is 0 Å². The number of nitrogens with zero attached hydrogens (tertiary/aromatic N) is 1. The van der Waals surface area contributed by atoms with Crippen LogP contribution in [0.2, 0.25) is 0 Å². The molecule has 3 aromatic carbocycles. The Hall–Kier alpha value is -4.40. The lowest BCUT2D eigenvalue weighted by Gasteiger charge is -2.22. The minimum Gasteiger partial charge on any atom is -0.449 e. The minimum atomic E-state index is -0.983. The maximum Gasteiger partial charge on any atom is 0.513 e. The van der Waals surface area contributed by atoms with Crippen LogP contribution in [0.4, 0.5) is 15.3 Å². The topological polar surface area (TPSA) is 117 Å². The number of ether oxygens (including phenoxy) is 3. The van der Waals surface area contributed by atoms with Crippen LogP contribution in [0.15, 0.2) is 72.8 Å². The Morgan fingerprint density at radius 2 is 1.50 bits per heavy atom. The van der Waals surface area contributed by atoms with E-state index in [2.05, 4.69) is 17.4 Å². The maximum atomic E-state index is 12.6. The first-order valence-corrected chi connectivity index (χ1v) is 11.5. The lowest BCUT2D eigenvalue weighted by atomic mass is 9.98. The molecule has 0 saturated carbocycles. The van der Waals surface area contributed by atoms with Gasteiger partial charge in [-0.3, -0.25) is 10.1 Å². The molecular formula is C27H26N2O7. The Kier molecular flexibility index (Phi) is 7.48. The van der Waals surface area contributed by atoms with Crippen LogP contribution in [0, 0.1) is 16.0 Å². The highest BCUT2D eigenvalue weighted by molar-refractivity contribution is 5.79. The maximum absolute atomic E-state index is 12.6. The summed E-state index contributed by atoms with van der Waals surface area (Å²) in [5, 5.41) is 13.5. The summed E-state index contributed by atoms with van der Waals surface area (Å²) in [4.78, 5) is 34.8. The molecule has 9 nitrogen and oxygen atoms in total. The van der Waals surface area contributed by atoms with Gasteiger partial charge >= 0.3 is 12.2 Å². The van der Waals surface area contributed by atoms with Crippen molar-refractivity contribution in [3.8, 4) is 16.9 Å². The number of nitrogens with one attached hydrogen (secondary N) is 1. The van der Waals surface area contributed by atoms with Crippen LogP contribution < -0.4 is 10.1 Å². The molecule has 1 amide bonds. The summed E-state index contributed by atoms with van der Waals surface area (Å²) in [5.41, 5.74) is 4.39. The molecule has 9 heteroatoms. The first kappa shape index (κ1) is 24.7. The third-order valence-corrected chi connectivity index (χ3v) is 6.08. The van der Waals surface area contributed by atoms with Crippen molar-refractivity contribution in [2.24, 2.45) is 5.92 Å². The quantitative estimate of drug-likeness (QED) is 0.187. The molecule has 1 N–H and O–H groups in total. The average Bonchev–Trinajstić information content (AvgIpc) is 3.19. The third-order valence-electron chi connectivity index (χ3n) is 6.08. The fourth-order valence-corrected chi connectivity index (χ4v) is 4.11. The molecule has 36 heavy (non-hydrogen) atoms. The van der Waals surface area contributed by atoms with E-state index in [9.17, 15) is 19.7 Å². The summed E-state index contributed by atoms with van der Waals surface area (Å²) >= 11 is 0. The number of non-ortho nitro benzene ring substituents is 1. The number of rotatable bonds is 8. The van der Waals surface area contributed by atoms with Gasteiger partial charge in [0, 0.05) is 18.1 Å². The molecule has 1 aliphatic carbocycles. The molecule has 4 rings (SSSR count). The highest BCUT2D eigenvalue weighted by Crippen LogP contribution is 2.44. The van der Waals surface area contributed by atoms with Crippen LogP contribution in [-0.2, 0) is 9.47 Å². The smallest absolute Gasteiger partial charge is 0.449 e. The molecule has 0 fully saturated rings. The number of carbonyl (C=O) groups is 2. The summed E-state index contributed by atoms with van der Waals surface area (Å²) in [6.45, 7) is 3.79. The van der Waals surface area contributed by atoms with Crippen molar-refractivity contribution in [2.75, 3.05) is 13.2 Å². The van der Waals surface area contributed by atoms with Gasteiger partial charge in [0.25, 0.3) is 5.69 Å². The second-order valence-electron chi connectivity index (χ2n) is 8.73. The van der Waals surface area contributed by atoms with Gasteiger partial charge in [0.15, 0.2) is 0 Å². The largest absolute Gasteiger partial charge is 0.513 e. The van der Waals surface area contributed by atoms with E-state index in [4.69, 9.17) is 14.2 Å². The monoisotopic (exact) mass is 490 g/mol. The zero-order valence-corrected chi connectivity index (χ0v) is 19.9. The van der Waals surface area contributed by atoms with Crippen molar-refractivity contribution in [1.82, 2.24) is 5.32 Å². The van der Waals surface area contributed by atoms with Crippen LogP contribution in [0.5, 0.6) is 5.75 Å². The number of alkyl carbamates (subject to hydrolysis) is 1. The van der Waals surface area contributed by atoms with E-state index in [0.29, 0.717) is 0 Å². The third kappa shape index (κ3) is 5.63. The normalized spacial score (nSPS) is 12.9. The molecule has 186 valence electrons. The van der Waals surface area contributed by atoms with Crippen LogP contribution in [0.3, 0.4) is 0 Å². The molecule has 3 aromatic rings. The Bertz CT molecular complexity index is 1210. The van der Waals surface area contributed by atoms with E-state index in [1.807, 2.05) is 50.2 Å². The predicted octanol–water partition coefficient (Wildman–Crippen LogP) is 5.67. The van der Waals surface area contributed by atoms with Gasteiger partial charge in [-0.2, -0.15) is 0 Å². The van der Waals surface area contributed by atoms with Gasteiger partial charge in [-0.15, -0.1) is 0 Å². The Labute approximate surface area is 208 Å². The van der Waals surface area contributed by atoms with E-state index in [-0.39, 0.29) is 36.5 Å².